The number of benzene rings is 2. The molecule has 10 heteroatoms. The molecule has 0 aliphatic heterocycles. The van der Waals surface area contributed by atoms with Gasteiger partial charge in [-0.2, -0.15) is 5.10 Å². The molecule has 0 fully saturated rings. The van der Waals surface area contributed by atoms with Gasteiger partial charge in [-0.25, -0.2) is 13.1 Å². The molecule has 1 N–H and O–H groups in total. The number of rotatable bonds is 8. The summed E-state index contributed by atoms with van der Waals surface area (Å²) in [5.41, 5.74) is 1.15. The molecule has 4 aromatic rings. The van der Waals surface area contributed by atoms with Gasteiger partial charge in [-0.15, -0.1) is 10.2 Å². The van der Waals surface area contributed by atoms with E-state index >= 15 is 0 Å². The lowest BCUT2D eigenvalue weighted by Gasteiger charge is -2.12. The monoisotopic (exact) mass is 451 g/mol. The Balaban J connectivity index is 1.42. The van der Waals surface area contributed by atoms with Crippen LogP contribution in [0.15, 0.2) is 78.0 Å². The number of hydrogen-bond acceptors (Lipinski definition) is 7. The third-order valence-electron chi connectivity index (χ3n) is 4.45. The van der Waals surface area contributed by atoms with Crippen LogP contribution < -0.4 is 14.2 Å². The molecule has 32 heavy (non-hydrogen) atoms. The molecule has 2 heterocycles. The van der Waals surface area contributed by atoms with E-state index in [4.69, 9.17) is 9.47 Å². The van der Waals surface area contributed by atoms with Crippen molar-refractivity contribution in [3.8, 4) is 23.2 Å². The number of anilines is 1. The van der Waals surface area contributed by atoms with Crippen LogP contribution in [-0.2, 0) is 10.0 Å². The first kappa shape index (κ1) is 21.3. The lowest BCUT2D eigenvalue weighted by atomic mass is 10.2. The molecule has 0 unspecified atom stereocenters. The largest absolute Gasteiger partial charge is 0.494 e. The van der Waals surface area contributed by atoms with Crippen LogP contribution in [0.2, 0.25) is 0 Å². The molecular weight excluding hydrogens is 430 g/mol. The van der Waals surface area contributed by atoms with Crippen LogP contribution in [0.25, 0.3) is 5.82 Å². The molecule has 164 valence electrons. The molecule has 4 rings (SSSR count). The third-order valence-corrected chi connectivity index (χ3v) is 5.83. The molecule has 0 aliphatic rings. The Kier molecular flexibility index (Phi) is 6.04. The SMILES string of the molecule is CCOc1ccc(S(=O)(=O)Nc2ccc(Oc3ccc(-n4cccn4)nn3)cc2)cc1C. The first-order valence-electron chi connectivity index (χ1n) is 9.82. The minimum absolute atomic E-state index is 0.159. The Morgan fingerprint density at radius 1 is 1.03 bits per heavy atom. The van der Waals surface area contributed by atoms with Gasteiger partial charge >= 0.3 is 0 Å². The molecule has 2 aromatic carbocycles. The molecule has 9 nitrogen and oxygen atoms in total. The number of ether oxygens (including phenoxy) is 2. The van der Waals surface area contributed by atoms with Crippen LogP contribution >= 0.6 is 0 Å². The zero-order chi connectivity index (χ0) is 22.6. The van der Waals surface area contributed by atoms with Crippen LogP contribution in [-0.4, -0.2) is 35.0 Å². The van der Waals surface area contributed by atoms with E-state index in [0.29, 0.717) is 35.5 Å². The Hall–Kier alpha value is -3.92. The Labute approximate surface area is 185 Å². The van der Waals surface area contributed by atoms with Crippen molar-refractivity contribution in [3.05, 3.63) is 78.6 Å². The Morgan fingerprint density at radius 3 is 2.47 bits per heavy atom. The first-order chi connectivity index (χ1) is 15.4. The summed E-state index contributed by atoms with van der Waals surface area (Å²) in [5, 5.41) is 12.2. The summed E-state index contributed by atoms with van der Waals surface area (Å²) >= 11 is 0. The van der Waals surface area contributed by atoms with Crippen LogP contribution in [0.4, 0.5) is 5.69 Å². The quantitative estimate of drug-likeness (QED) is 0.432. The summed E-state index contributed by atoms with van der Waals surface area (Å²) in [6, 6.07) is 16.5. The maximum absolute atomic E-state index is 12.7. The number of aryl methyl sites for hydroxylation is 1. The Bertz CT molecular complexity index is 1290. The lowest BCUT2D eigenvalue weighted by molar-refractivity contribution is 0.337. The predicted molar refractivity (Wildman–Crippen MR) is 119 cm³/mol. The van der Waals surface area contributed by atoms with E-state index in [9.17, 15) is 8.42 Å². The molecule has 0 radical (unpaired) electrons. The van der Waals surface area contributed by atoms with E-state index in [1.54, 1.807) is 78.6 Å². The van der Waals surface area contributed by atoms with Gasteiger partial charge in [0.15, 0.2) is 5.82 Å². The van der Waals surface area contributed by atoms with Crippen molar-refractivity contribution in [1.82, 2.24) is 20.0 Å². The van der Waals surface area contributed by atoms with Crippen molar-refractivity contribution >= 4 is 15.7 Å². The number of sulfonamides is 1. The normalized spacial score (nSPS) is 11.2. The van der Waals surface area contributed by atoms with Crippen molar-refractivity contribution in [1.29, 1.82) is 0 Å². The fourth-order valence-corrected chi connectivity index (χ4v) is 4.07. The van der Waals surface area contributed by atoms with Crippen molar-refractivity contribution in [2.45, 2.75) is 18.7 Å². The van der Waals surface area contributed by atoms with E-state index < -0.39 is 10.0 Å². The summed E-state index contributed by atoms with van der Waals surface area (Å²) in [6.45, 7) is 4.20. The van der Waals surface area contributed by atoms with Crippen molar-refractivity contribution in [2.24, 2.45) is 0 Å². The van der Waals surface area contributed by atoms with Crippen LogP contribution in [0.1, 0.15) is 12.5 Å². The molecule has 0 bridgehead atoms. The second kappa shape index (κ2) is 9.06. The molecule has 0 amide bonds. The molecule has 0 saturated heterocycles. The average Bonchev–Trinajstić information content (AvgIpc) is 3.32. The second-order valence-electron chi connectivity index (χ2n) is 6.77. The van der Waals surface area contributed by atoms with Gasteiger partial charge in [-0.05, 0) is 74.0 Å². The summed E-state index contributed by atoms with van der Waals surface area (Å²) in [7, 11) is -3.74. The minimum Gasteiger partial charge on any atom is -0.494 e. The van der Waals surface area contributed by atoms with Gasteiger partial charge in [0.25, 0.3) is 10.0 Å². The second-order valence-corrected chi connectivity index (χ2v) is 8.46. The van der Waals surface area contributed by atoms with Gasteiger partial charge in [0.05, 0.1) is 11.5 Å². The number of hydrogen-bond donors (Lipinski definition) is 1. The summed E-state index contributed by atoms with van der Waals surface area (Å²) in [6.07, 6.45) is 3.41. The van der Waals surface area contributed by atoms with Gasteiger partial charge in [-0.3, -0.25) is 4.72 Å². The van der Waals surface area contributed by atoms with E-state index in [1.165, 1.54) is 6.07 Å². The molecule has 2 aromatic heterocycles. The first-order valence-corrected chi connectivity index (χ1v) is 11.3. The maximum atomic E-state index is 12.7. The number of nitrogens with zero attached hydrogens (tertiary/aromatic N) is 4. The zero-order valence-corrected chi connectivity index (χ0v) is 18.3. The third kappa shape index (κ3) is 4.86. The fraction of sp³-hybridized carbons (Fsp3) is 0.136. The van der Waals surface area contributed by atoms with E-state index in [1.807, 2.05) is 6.92 Å². The highest BCUT2D eigenvalue weighted by molar-refractivity contribution is 7.92. The predicted octanol–water partition coefficient (Wildman–Crippen LogP) is 3.96. The zero-order valence-electron chi connectivity index (χ0n) is 17.5. The van der Waals surface area contributed by atoms with Gasteiger partial charge in [0, 0.05) is 24.1 Å². The summed E-state index contributed by atoms with van der Waals surface area (Å²) in [4.78, 5) is 0.159. The van der Waals surface area contributed by atoms with Crippen molar-refractivity contribution in [3.63, 3.8) is 0 Å². The molecule has 0 saturated carbocycles. The topological polar surface area (TPSA) is 108 Å². The molecular formula is C22H21N5O4S. The van der Waals surface area contributed by atoms with Gasteiger partial charge < -0.3 is 9.47 Å². The maximum Gasteiger partial charge on any atom is 0.261 e. The van der Waals surface area contributed by atoms with Crippen molar-refractivity contribution < 1.29 is 17.9 Å². The number of nitrogens with one attached hydrogen (secondary N) is 1. The highest BCUT2D eigenvalue weighted by Gasteiger charge is 2.16. The van der Waals surface area contributed by atoms with Gasteiger partial charge in [0.1, 0.15) is 11.5 Å². The average molecular weight is 452 g/mol. The minimum atomic E-state index is -3.74. The van der Waals surface area contributed by atoms with E-state index in [0.717, 1.165) is 5.56 Å². The number of aromatic nitrogens is 4. The van der Waals surface area contributed by atoms with Gasteiger partial charge in [-0.1, -0.05) is 0 Å². The smallest absolute Gasteiger partial charge is 0.261 e. The highest BCUT2D eigenvalue weighted by atomic mass is 32.2. The van der Waals surface area contributed by atoms with Crippen molar-refractivity contribution in [2.75, 3.05) is 11.3 Å². The Morgan fingerprint density at radius 2 is 1.84 bits per heavy atom. The molecule has 0 aliphatic carbocycles. The van der Waals surface area contributed by atoms with Gasteiger partial charge in [0.2, 0.25) is 5.88 Å². The highest BCUT2D eigenvalue weighted by Crippen LogP contribution is 2.25. The fourth-order valence-electron chi connectivity index (χ4n) is 2.93. The van der Waals surface area contributed by atoms with E-state index in [-0.39, 0.29) is 4.90 Å². The van der Waals surface area contributed by atoms with Crippen LogP contribution in [0.5, 0.6) is 17.4 Å². The molecule has 0 atom stereocenters. The summed E-state index contributed by atoms with van der Waals surface area (Å²) in [5.74, 6) is 2.02. The molecule has 0 spiro atoms. The summed E-state index contributed by atoms with van der Waals surface area (Å²) < 4.78 is 40.7. The van der Waals surface area contributed by atoms with E-state index in [2.05, 4.69) is 20.0 Å². The lowest BCUT2D eigenvalue weighted by Crippen LogP contribution is -2.13. The van der Waals surface area contributed by atoms with Crippen LogP contribution in [0.3, 0.4) is 0 Å². The van der Waals surface area contributed by atoms with Crippen LogP contribution in [0, 0.1) is 6.92 Å². The standard InChI is InChI=1S/C22H21N5O4S/c1-3-30-20-10-9-19(15-16(20)2)32(28,29)26-17-5-7-18(8-6-17)31-22-12-11-21(24-25-22)27-14-4-13-23-27/h4-15,26H,3H2,1-2H3.